The lowest BCUT2D eigenvalue weighted by atomic mass is 10.0. The standard InChI is InChI=1S/C15H27N3O2.ClH/c1-3-4-11(2)18-10-12(9-14(18)19)15(20)17-13-5-7-16-8-6-13;/h11-13,16H,3-10H2,1-2H3,(H,17,20);1H. The first-order valence-corrected chi connectivity index (χ1v) is 7.92. The molecule has 5 nitrogen and oxygen atoms in total. The number of likely N-dealkylation sites (tertiary alicyclic amines) is 1. The van der Waals surface area contributed by atoms with Crippen LogP contribution in [0.2, 0.25) is 0 Å². The van der Waals surface area contributed by atoms with Gasteiger partial charge in [0.2, 0.25) is 11.8 Å². The van der Waals surface area contributed by atoms with Gasteiger partial charge in [-0.2, -0.15) is 0 Å². The van der Waals surface area contributed by atoms with Crippen LogP contribution in [0.3, 0.4) is 0 Å². The highest BCUT2D eigenvalue weighted by atomic mass is 35.5. The Morgan fingerprint density at radius 3 is 2.71 bits per heavy atom. The van der Waals surface area contributed by atoms with Gasteiger partial charge in [0.25, 0.3) is 0 Å². The average Bonchev–Trinajstić information content (AvgIpc) is 2.82. The van der Waals surface area contributed by atoms with Crippen molar-refractivity contribution in [3.8, 4) is 0 Å². The predicted octanol–water partition coefficient (Wildman–Crippen LogP) is 1.31. The van der Waals surface area contributed by atoms with Gasteiger partial charge in [-0.25, -0.2) is 0 Å². The van der Waals surface area contributed by atoms with E-state index in [2.05, 4.69) is 24.5 Å². The van der Waals surface area contributed by atoms with Crippen LogP contribution in [0.5, 0.6) is 0 Å². The van der Waals surface area contributed by atoms with Crippen LogP contribution in [0.1, 0.15) is 46.0 Å². The summed E-state index contributed by atoms with van der Waals surface area (Å²) in [5.41, 5.74) is 0. The highest BCUT2D eigenvalue weighted by Gasteiger charge is 2.36. The quantitative estimate of drug-likeness (QED) is 0.804. The molecular weight excluding hydrogens is 290 g/mol. The number of amides is 2. The Morgan fingerprint density at radius 2 is 2.10 bits per heavy atom. The molecule has 0 bridgehead atoms. The van der Waals surface area contributed by atoms with E-state index >= 15 is 0 Å². The van der Waals surface area contributed by atoms with E-state index in [9.17, 15) is 9.59 Å². The number of nitrogens with zero attached hydrogens (tertiary/aromatic N) is 1. The number of hydrogen-bond acceptors (Lipinski definition) is 3. The maximum absolute atomic E-state index is 12.3. The van der Waals surface area contributed by atoms with Crippen LogP contribution in [0.25, 0.3) is 0 Å². The molecule has 2 rings (SSSR count). The van der Waals surface area contributed by atoms with Crippen LogP contribution in [0.4, 0.5) is 0 Å². The molecule has 21 heavy (non-hydrogen) atoms. The monoisotopic (exact) mass is 317 g/mol. The highest BCUT2D eigenvalue weighted by molar-refractivity contribution is 5.89. The maximum atomic E-state index is 12.3. The van der Waals surface area contributed by atoms with Crippen molar-refractivity contribution in [1.29, 1.82) is 0 Å². The number of rotatable bonds is 5. The van der Waals surface area contributed by atoms with Crippen molar-refractivity contribution < 1.29 is 9.59 Å². The summed E-state index contributed by atoms with van der Waals surface area (Å²) in [5.74, 6) is 0.0459. The van der Waals surface area contributed by atoms with E-state index in [0.29, 0.717) is 13.0 Å². The van der Waals surface area contributed by atoms with Crippen molar-refractivity contribution >= 4 is 24.2 Å². The molecule has 122 valence electrons. The highest BCUT2D eigenvalue weighted by Crippen LogP contribution is 2.22. The summed E-state index contributed by atoms with van der Waals surface area (Å²) in [5, 5.41) is 6.40. The summed E-state index contributed by atoms with van der Waals surface area (Å²) >= 11 is 0. The third-order valence-corrected chi connectivity index (χ3v) is 4.45. The summed E-state index contributed by atoms with van der Waals surface area (Å²) < 4.78 is 0. The van der Waals surface area contributed by atoms with Gasteiger partial charge in [-0.15, -0.1) is 12.4 Å². The first-order chi connectivity index (χ1) is 9.61. The largest absolute Gasteiger partial charge is 0.353 e. The van der Waals surface area contributed by atoms with E-state index < -0.39 is 0 Å². The van der Waals surface area contributed by atoms with Crippen LogP contribution in [0.15, 0.2) is 0 Å². The molecule has 2 aliphatic heterocycles. The number of hydrogen-bond donors (Lipinski definition) is 2. The third-order valence-electron chi connectivity index (χ3n) is 4.45. The normalized spacial score (nSPS) is 24.6. The molecule has 0 saturated carbocycles. The summed E-state index contributed by atoms with van der Waals surface area (Å²) in [4.78, 5) is 26.2. The zero-order valence-corrected chi connectivity index (χ0v) is 13.9. The summed E-state index contributed by atoms with van der Waals surface area (Å²) in [6.45, 7) is 6.73. The second-order valence-corrected chi connectivity index (χ2v) is 6.12. The molecule has 2 amide bonds. The first kappa shape index (κ1) is 18.2. The Balaban J connectivity index is 0.00000220. The minimum atomic E-state index is -0.156. The lowest BCUT2D eigenvalue weighted by molar-refractivity contribution is -0.130. The molecule has 0 aromatic carbocycles. The van der Waals surface area contributed by atoms with Crippen molar-refractivity contribution in [2.75, 3.05) is 19.6 Å². The Kier molecular flexibility index (Phi) is 7.46. The lowest BCUT2D eigenvalue weighted by Crippen LogP contribution is -2.45. The van der Waals surface area contributed by atoms with E-state index in [1.807, 2.05) is 4.90 Å². The number of halogens is 1. The van der Waals surface area contributed by atoms with Gasteiger partial charge in [0.05, 0.1) is 5.92 Å². The number of carbonyl (C=O) groups is 2. The lowest BCUT2D eigenvalue weighted by Gasteiger charge is -2.26. The smallest absolute Gasteiger partial charge is 0.225 e. The van der Waals surface area contributed by atoms with Gasteiger partial charge < -0.3 is 15.5 Å². The molecule has 0 spiro atoms. The summed E-state index contributed by atoms with van der Waals surface area (Å²) in [7, 11) is 0. The third kappa shape index (κ3) is 4.85. The average molecular weight is 318 g/mol. The molecule has 0 aromatic rings. The molecule has 2 heterocycles. The SMILES string of the molecule is CCCC(C)N1CC(C(=O)NC2CCNCC2)CC1=O.Cl. The molecule has 2 aliphatic rings. The first-order valence-electron chi connectivity index (χ1n) is 7.92. The second kappa shape index (κ2) is 8.59. The van der Waals surface area contributed by atoms with Crippen molar-refractivity contribution in [3.63, 3.8) is 0 Å². The molecule has 0 radical (unpaired) electrons. The van der Waals surface area contributed by atoms with Crippen LogP contribution >= 0.6 is 12.4 Å². The molecule has 2 N–H and O–H groups in total. The van der Waals surface area contributed by atoms with Gasteiger partial charge in [-0.1, -0.05) is 13.3 Å². The van der Waals surface area contributed by atoms with Crippen molar-refractivity contribution in [1.82, 2.24) is 15.5 Å². The minimum Gasteiger partial charge on any atom is -0.353 e. The molecular formula is C15H28ClN3O2. The van der Waals surface area contributed by atoms with Crippen LogP contribution < -0.4 is 10.6 Å². The molecule has 2 atom stereocenters. The fraction of sp³-hybridized carbons (Fsp3) is 0.867. The van der Waals surface area contributed by atoms with E-state index in [0.717, 1.165) is 38.8 Å². The Bertz CT molecular complexity index is 359. The van der Waals surface area contributed by atoms with Gasteiger partial charge in [0, 0.05) is 25.0 Å². The number of nitrogens with one attached hydrogen (secondary N) is 2. The predicted molar refractivity (Wildman–Crippen MR) is 85.5 cm³/mol. The van der Waals surface area contributed by atoms with E-state index in [1.165, 1.54) is 0 Å². The molecule has 0 aromatic heterocycles. The van der Waals surface area contributed by atoms with Crippen molar-refractivity contribution in [3.05, 3.63) is 0 Å². The Hall–Kier alpha value is -0.810. The van der Waals surface area contributed by atoms with Crippen LogP contribution in [-0.2, 0) is 9.59 Å². The Morgan fingerprint density at radius 1 is 1.43 bits per heavy atom. The van der Waals surface area contributed by atoms with Crippen molar-refractivity contribution in [2.45, 2.75) is 58.0 Å². The van der Waals surface area contributed by atoms with Gasteiger partial charge >= 0.3 is 0 Å². The molecule has 2 saturated heterocycles. The van der Waals surface area contributed by atoms with Gasteiger partial charge in [-0.05, 0) is 39.3 Å². The summed E-state index contributed by atoms with van der Waals surface area (Å²) in [6.07, 6.45) is 4.43. The fourth-order valence-corrected chi connectivity index (χ4v) is 3.19. The molecule has 2 unspecified atom stereocenters. The van der Waals surface area contributed by atoms with Crippen molar-refractivity contribution in [2.24, 2.45) is 5.92 Å². The second-order valence-electron chi connectivity index (χ2n) is 6.12. The van der Waals surface area contributed by atoms with E-state index in [-0.39, 0.29) is 42.2 Å². The zero-order chi connectivity index (χ0) is 14.5. The van der Waals surface area contributed by atoms with Crippen LogP contribution in [-0.4, -0.2) is 48.4 Å². The zero-order valence-electron chi connectivity index (χ0n) is 13.1. The fourth-order valence-electron chi connectivity index (χ4n) is 3.19. The van der Waals surface area contributed by atoms with E-state index in [4.69, 9.17) is 0 Å². The number of piperidine rings is 1. The van der Waals surface area contributed by atoms with Gasteiger partial charge in [-0.3, -0.25) is 9.59 Å². The Labute approximate surface area is 133 Å². The topological polar surface area (TPSA) is 61.4 Å². The van der Waals surface area contributed by atoms with Crippen LogP contribution in [0, 0.1) is 5.92 Å². The van der Waals surface area contributed by atoms with E-state index in [1.54, 1.807) is 0 Å². The molecule has 6 heteroatoms. The van der Waals surface area contributed by atoms with Gasteiger partial charge in [0.1, 0.15) is 0 Å². The number of carbonyl (C=O) groups excluding carboxylic acids is 2. The minimum absolute atomic E-state index is 0. The molecule has 2 fully saturated rings. The maximum Gasteiger partial charge on any atom is 0.225 e. The summed E-state index contributed by atoms with van der Waals surface area (Å²) in [6, 6.07) is 0.533. The van der Waals surface area contributed by atoms with Gasteiger partial charge in [0.15, 0.2) is 0 Å². The molecule has 0 aliphatic carbocycles.